The number of hydrogen-bond donors (Lipinski definition) is 2. The third-order valence-corrected chi connectivity index (χ3v) is 5.70. The minimum absolute atomic E-state index is 0.0550. The first-order valence-corrected chi connectivity index (χ1v) is 9.53. The number of rotatable bonds is 3. The number of aromatic nitrogens is 1. The molecule has 1 aliphatic heterocycles. The fourth-order valence-corrected chi connectivity index (χ4v) is 4.42. The fourth-order valence-electron chi connectivity index (χ4n) is 4.42. The number of anilines is 2. The van der Waals surface area contributed by atoms with E-state index in [0.29, 0.717) is 23.0 Å². The predicted octanol–water partition coefficient (Wildman–Crippen LogP) is 3.08. The average Bonchev–Trinajstić information content (AvgIpc) is 3.09. The summed E-state index contributed by atoms with van der Waals surface area (Å²) in [5.74, 6) is 0.591. The van der Waals surface area contributed by atoms with Crippen LogP contribution in [0.5, 0.6) is 0 Å². The molecule has 140 valence electrons. The van der Waals surface area contributed by atoms with Gasteiger partial charge in [0.15, 0.2) is 0 Å². The summed E-state index contributed by atoms with van der Waals surface area (Å²) < 4.78 is 0. The van der Waals surface area contributed by atoms with E-state index in [0.717, 1.165) is 25.7 Å². The number of nitrogen functional groups attached to an aromatic ring is 1. The van der Waals surface area contributed by atoms with E-state index in [1.54, 1.807) is 18.3 Å². The number of hydrogen-bond acceptors (Lipinski definition) is 4. The molecule has 2 amide bonds. The van der Waals surface area contributed by atoms with Crippen molar-refractivity contribution in [3.05, 3.63) is 54.2 Å². The Morgan fingerprint density at radius 1 is 1.07 bits per heavy atom. The van der Waals surface area contributed by atoms with Gasteiger partial charge in [0.2, 0.25) is 5.91 Å². The van der Waals surface area contributed by atoms with Gasteiger partial charge in [-0.1, -0.05) is 31.0 Å². The van der Waals surface area contributed by atoms with Crippen molar-refractivity contribution in [3.8, 4) is 0 Å². The summed E-state index contributed by atoms with van der Waals surface area (Å²) in [7, 11) is 0. The van der Waals surface area contributed by atoms with E-state index < -0.39 is 6.04 Å². The van der Waals surface area contributed by atoms with Crippen LogP contribution in [0.15, 0.2) is 48.7 Å². The lowest BCUT2D eigenvalue weighted by atomic mass is 9.84. The molecule has 1 aliphatic carbocycles. The first-order valence-electron chi connectivity index (χ1n) is 9.53. The van der Waals surface area contributed by atoms with Crippen molar-refractivity contribution < 1.29 is 9.59 Å². The van der Waals surface area contributed by atoms with Crippen molar-refractivity contribution in [2.75, 3.05) is 11.1 Å². The third kappa shape index (κ3) is 3.52. The molecule has 0 bridgehead atoms. The molecule has 3 atom stereocenters. The average molecular weight is 364 g/mol. The van der Waals surface area contributed by atoms with Crippen LogP contribution >= 0.6 is 0 Å². The summed E-state index contributed by atoms with van der Waals surface area (Å²) in [5.41, 5.74) is 6.84. The first kappa shape index (κ1) is 17.5. The molecule has 1 aromatic carbocycles. The van der Waals surface area contributed by atoms with E-state index in [9.17, 15) is 9.59 Å². The molecule has 1 saturated carbocycles. The van der Waals surface area contributed by atoms with Crippen LogP contribution < -0.4 is 11.1 Å². The van der Waals surface area contributed by atoms with E-state index in [1.807, 2.05) is 35.2 Å². The van der Waals surface area contributed by atoms with E-state index in [-0.39, 0.29) is 17.9 Å². The van der Waals surface area contributed by atoms with Gasteiger partial charge in [-0.05, 0) is 49.4 Å². The van der Waals surface area contributed by atoms with Gasteiger partial charge >= 0.3 is 0 Å². The molecular weight excluding hydrogens is 340 g/mol. The number of carbonyl (C=O) groups excluding carboxylic acids is 2. The molecule has 1 aromatic heterocycles. The highest BCUT2D eigenvalue weighted by Gasteiger charge is 2.47. The van der Waals surface area contributed by atoms with E-state index in [2.05, 4.69) is 10.3 Å². The summed E-state index contributed by atoms with van der Waals surface area (Å²) >= 11 is 0. The zero-order valence-electron chi connectivity index (χ0n) is 15.2. The summed E-state index contributed by atoms with van der Waals surface area (Å²) in [6.07, 6.45) is 6.59. The van der Waals surface area contributed by atoms with Gasteiger partial charge in [-0.2, -0.15) is 0 Å². The molecule has 1 saturated heterocycles. The number of benzene rings is 1. The predicted molar refractivity (Wildman–Crippen MR) is 104 cm³/mol. The second-order valence-electron chi connectivity index (χ2n) is 7.40. The van der Waals surface area contributed by atoms with Gasteiger partial charge in [0, 0.05) is 11.6 Å². The SMILES string of the molecule is Nc1ccc(NC(=O)C2CC3CCCCC3N2C(=O)c2ccccc2)cn1. The minimum Gasteiger partial charge on any atom is -0.384 e. The number of carbonyl (C=O) groups is 2. The molecule has 2 heterocycles. The minimum atomic E-state index is -0.455. The quantitative estimate of drug-likeness (QED) is 0.876. The molecule has 4 rings (SSSR count). The van der Waals surface area contributed by atoms with Gasteiger partial charge in [-0.15, -0.1) is 0 Å². The second kappa shape index (κ2) is 7.39. The zero-order chi connectivity index (χ0) is 18.8. The van der Waals surface area contributed by atoms with Gasteiger partial charge in [0.25, 0.3) is 5.91 Å². The van der Waals surface area contributed by atoms with Crippen molar-refractivity contribution in [2.45, 2.75) is 44.2 Å². The van der Waals surface area contributed by atoms with Crippen LogP contribution in [0.1, 0.15) is 42.5 Å². The maximum atomic E-state index is 13.2. The lowest BCUT2D eigenvalue weighted by molar-refractivity contribution is -0.120. The standard InChI is InChI=1S/C21H24N4O2/c22-19-11-10-16(13-23-19)24-20(26)18-12-15-8-4-5-9-17(15)25(18)21(27)14-6-2-1-3-7-14/h1-3,6-7,10-11,13,15,17-18H,4-5,8-9,12H2,(H2,22,23)(H,24,26). The third-order valence-electron chi connectivity index (χ3n) is 5.70. The van der Waals surface area contributed by atoms with Gasteiger partial charge < -0.3 is 16.0 Å². The van der Waals surface area contributed by atoms with Crippen LogP contribution in [-0.2, 0) is 4.79 Å². The van der Waals surface area contributed by atoms with Crippen LogP contribution in [0, 0.1) is 5.92 Å². The highest BCUT2D eigenvalue weighted by Crippen LogP contribution is 2.40. The topological polar surface area (TPSA) is 88.3 Å². The van der Waals surface area contributed by atoms with Crippen molar-refractivity contribution >= 4 is 23.3 Å². The Labute approximate surface area is 158 Å². The fraction of sp³-hybridized carbons (Fsp3) is 0.381. The number of pyridine rings is 1. The summed E-state index contributed by atoms with van der Waals surface area (Å²) in [4.78, 5) is 32.1. The van der Waals surface area contributed by atoms with Gasteiger partial charge in [0.1, 0.15) is 11.9 Å². The molecular formula is C21H24N4O2. The second-order valence-corrected chi connectivity index (χ2v) is 7.40. The normalized spacial score (nSPS) is 24.3. The van der Waals surface area contributed by atoms with Crippen molar-refractivity contribution in [1.82, 2.24) is 9.88 Å². The summed E-state index contributed by atoms with van der Waals surface area (Å²) in [5, 5.41) is 2.91. The molecule has 6 nitrogen and oxygen atoms in total. The number of nitrogens with two attached hydrogens (primary N) is 1. The monoisotopic (exact) mass is 364 g/mol. The van der Waals surface area contributed by atoms with Crippen LogP contribution in [-0.4, -0.2) is 33.8 Å². The molecule has 0 radical (unpaired) electrons. The van der Waals surface area contributed by atoms with Crippen LogP contribution in [0.4, 0.5) is 11.5 Å². The van der Waals surface area contributed by atoms with E-state index >= 15 is 0 Å². The molecule has 2 aromatic rings. The van der Waals surface area contributed by atoms with Crippen molar-refractivity contribution in [1.29, 1.82) is 0 Å². The Bertz CT molecular complexity index is 822. The Balaban J connectivity index is 1.59. The number of likely N-dealkylation sites (tertiary alicyclic amines) is 1. The smallest absolute Gasteiger partial charge is 0.254 e. The Morgan fingerprint density at radius 3 is 2.59 bits per heavy atom. The molecule has 27 heavy (non-hydrogen) atoms. The Morgan fingerprint density at radius 2 is 1.85 bits per heavy atom. The van der Waals surface area contributed by atoms with Crippen molar-refractivity contribution in [3.63, 3.8) is 0 Å². The number of fused-ring (bicyclic) bond motifs is 1. The van der Waals surface area contributed by atoms with Crippen LogP contribution in [0.3, 0.4) is 0 Å². The molecule has 2 fully saturated rings. The van der Waals surface area contributed by atoms with Gasteiger partial charge in [-0.3, -0.25) is 9.59 Å². The maximum Gasteiger partial charge on any atom is 0.254 e. The van der Waals surface area contributed by atoms with Gasteiger partial charge in [-0.25, -0.2) is 4.98 Å². The maximum absolute atomic E-state index is 13.2. The summed E-state index contributed by atoms with van der Waals surface area (Å²) in [6, 6.07) is 12.3. The lowest BCUT2D eigenvalue weighted by Gasteiger charge is -2.33. The largest absolute Gasteiger partial charge is 0.384 e. The number of nitrogens with one attached hydrogen (secondary N) is 1. The highest BCUT2D eigenvalue weighted by molar-refractivity contribution is 6.01. The van der Waals surface area contributed by atoms with E-state index in [1.165, 1.54) is 6.42 Å². The number of nitrogens with zero attached hydrogens (tertiary/aromatic N) is 2. The molecule has 3 N–H and O–H groups in total. The van der Waals surface area contributed by atoms with Gasteiger partial charge in [0.05, 0.1) is 11.9 Å². The molecule has 6 heteroatoms. The number of amides is 2. The Hall–Kier alpha value is -2.89. The molecule has 3 unspecified atom stereocenters. The Kier molecular flexibility index (Phi) is 4.79. The van der Waals surface area contributed by atoms with Crippen LogP contribution in [0.2, 0.25) is 0 Å². The molecule has 0 spiro atoms. The van der Waals surface area contributed by atoms with Crippen molar-refractivity contribution in [2.24, 2.45) is 5.92 Å². The highest BCUT2D eigenvalue weighted by atomic mass is 16.2. The van der Waals surface area contributed by atoms with E-state index in [4.69, 9.17) is 5.73 Å². The summed E-state index contributed by atoms with van der Waals surface area (Å²) in [6.45, 7) is 0. The molecule has 2 aliphatic rings. The first-order chi connectivity index (χ1) is 13.1. The van der Waals surface area contributed by atoms with Crippen LogP contribution in [0.25, 0.3) is 0 Å². The lowest BCUT2D eigenvalue weighted by Crippen LogP contribution is -2.47. The zero-order valence-corrected chi connectivity index (χ0v) is 15.2.